The predicted molar refractivity (Wildman–Crippen MR) is 75.8 cm³/mol. The predicted octanol–water partition coefficient (Wildman–Crippen LogP) is 3.69. The Balaban J connectivity index is 2.57. The minimum absolute atomic E-state index is 0.0160. The molecule has 0 spiro atoms. The molecule has 0 aliphatic carbocycles. The van der Waals surface area contributed by atoms with Crippen LogP contribution >= 0.6 is 0 Å². The Morgan fingerprint density at radius 2 is 2.16 bits per heavy atom. The molecular weight excluding hydrogens is 236 g/mol. The van der Waals surface area contributed by atoms with Crippen molar-refractivity contribution in [1.82, 2.24) is 4.90 Å². The second-order valence-corrected chi connectivity index (χ2v) is 4.81. The number of nitrogens with zero attached hydrogens (tertiary/aromatic N) is 2. The van der Waals surface area contributed by atoms with Crippen LogP contribution in [0, 0.1) is 11.3 Å². The van der Waals surface area contributed by atoms with Crippen molar-refractivity contribution in [2.24, 2.45) is 0 Å². The molecule has 1 N–H and O–H groups in total. The second kappa shape index (κ2) is 4.66. The van der Waals surface area contributed by atoms with Crippen LogP contribution in [0.25, 0.3) is 6.08 Å². The summed E-state index contributed by atoms with van der Waals surface area (Å²) >= 11 is 0. The highest BCUT2D eigenvalue weighted by Crippen LogP contribution is 2.37. The zero-order valence-electron chi connectivity index (χ0n) is 11.1. The van der Waals surface area contributed by atoms with E-state index in [1.54, 1.807) is 31.0 Å². The lowest BCUT2D eigenvalue weighted by molar-refractivity contribution is 0.171. The van der Waals surface area contributed by atoms with Crippen LogP contribution in [0.2, 0.25) is 0 Å². The lowest BCUT2D eigenvalue weighted by Crippen LogP contribution is -2.40. The fourth-order valence-corrected chi connectivity index (χ4v) is 2.23. The minimum atomic E-state index is -0.929. The molecule has 1 atom stereocenters. The van der Waals surface area contributed by atoms with Gasteiger partial charge in [0.25, 0.3) is 0 Å². The van der Waals surface area contributed by atoms with Crippen molar-refractivity contribution in [2.45, 2.75) is 19.4 Å². The van der Waals surface area contributed by atoms with Crippen molar-refractivity contribution >= 4 is 6.08 Å². The number of hydrogen-bond donors (Lipinski definition) is 1. The molecule has 0 fully saturated rings. The number of fused-ring (bicyclic) bond motifs is 1. The Hall–Kier alpha value is -2.47. The molecular formula is C16H16N2O. The number of nitriles is 1. The number of allylic oxidation sites excluding steroid dienone is 2. The second-order valence-electron chi connectivity index (χ2n) is 4.81. The third kappa shape index (κ3) is 2.13. The van der Waals surface area contributed by atoms with E-state index < -0.39 is 5.54 Å². The Kier molecular flexibility index (Phi) is 3.18. The summed E-state index contributed by atoms with van der Waals surface area (Å²) in [4.78, 5) is 1.56. The van der Waals surface area contributed by atoms with Gasteiger partial charge in [-0.1, -0.05) is 36.4 Å². The van der Waals surface area contributed by atoms with Crippen LogP contribution in [0.15, 0.2) is 54.6 Å². The molecule has 96 valence electrons. The lowest BCUT2D eigenvalue weighted by Gasteiger charge is -2.38. The van der Waals surface area contributed by atoms with Gasteiger partial charge in [-0.2, -0.15) is 5.26 Å². The van der Waals surface area contributed by atoms with Gasteiger partial charge in [0.1, 0.15) is 0 Å². The number of aliphatic hydroxyl groups excluding tert-OH is 1. The van der Waals surface area contributed by atoms with Gasteiger partial charge in [-0.05, 0) is 31.1 Å². The molecule has 2 rings (SSSR count). The molecule has 0 saturated heterocycles. The summed E-state index contributed by atoms with van der Waals surface area (Å²) in [6.07, 6.45) is 5.16. The van der Waals surface area contributed by atoms with Gasteiger partial charge in [-0.25, -0.2) is 0 Å². The van der Waals surface area contributed by atoms with Crippen molar-refractivity contribution in [2.75, 3.05) is 0 Å². The third-order valence-electron chi connectivity index (χ3n) is 3.21. The van der Waals surface area contributed by atoms with E-state index in [4.69, 9.17) is 0 Å². The summed E-state index contributed by atoms with van der Waals surface area (Å²) < 4.78 is 0. The van der Waals surface area contributed by atoms with Gasteiger partial charge in [-0.15, -0.1) is 0 Å². The highest BCUT2D eigenvalue weighted by molar-refractivity contribution is 5.60. The van der Waals surface area contributed by atoms with Crippen LogP contribution in [0.5, 0.6) is 0 Å². The highest BCUT2D eigenvalue weighted by Gasteiger charge is 2.38. The van der Waals surface area contributed by atoms with E-state index in [0.29, 0.717) is 0 Å². The Morgan fingerprint density at radius 3 is 2.79 bits per heavy atom. The number of aliphatic hydroxyl groups is 1. The molecule has 0 radical (unpaired) electrons. The van der Waals surface area contributed by atoms with E-state index in [1.165, 1.54) is 0 Å². The van der Waals surface area contributed by atoms with E-state index in [-0.39, 0.29) is 5.88 Å². The average molecular weight is 252 g/mol. The van der Waals surface area contributed by atoms with Gasteiger partial charge in [0.2, 0.25) is 0 Å². The molecule has 1 aromatic carbocycles. The van der Waals surface area contributed by atoms with Gasteiger partial charge >= 0.3 is 0 Å². The first-order valence-corrected chi connectivity index (χ1v) is 6.03. The SMILES string of the molecule is C=C(C)/C=C(\O)N1C=Cc2ccccc2C1(C)C#N. The first kappa shape index (κ1) is 13.0. The van der Waals surface area contributed by atoms with Crippen molar-refractivity contribution < 1.29 is 5.11 Å². The van der Waals surface area contributed by atoms with Crippen LogP contribution in [0.3, 0.4) is 0 Å². The van der Waals surface area contributed by atoms with Crippen LogP contribution in [0.4, 0.5) is 0 Å². The van der Waals surface area contributed by atoms with Crippen LogP contribution in [-0.2, 0) is 5.54 Å². The average Bonchev–Trinajstić information content (AvgIpc) is 2.38. The minimum Gasteiger partial charge on any atom is -0.494 e. The summed E-state index contributed by atoms with van der Waals surface area (Å²) in [5.74, 6) is 0.0160. The molecule has 1 aliphatic rings. The summed E-state index contributed by atoms with van der Waals surface area (Å²) in [6.45, 7) is 7.32. The maximum Gasteiger partial charge on any atom is 0.192 e. The van der Waals surface area contributed by atoms with Crippen molar-refractivity contribution in [3.63, 3.8) is 0 Å². The zero-order chi connectivity index (χ0) is 14.0. The van der Waals surface area contributed by atoms with Gasteiger partial charge in [0.05, 0.1) is 6.07 Å². The van der Waals surface area contributed by atoms with Gasteiger partial charge in [0, 0.05) is 12.3 Å². The third-order valence-corrected chi connectivity index (χ3v) is 3.21. The summed E-state index contributed by atoms with van der Waals surface area (Å²) in [6, 6.07) is 9.97. The largest absolute Gasteiger partial charge is 0.494 e. The molecule has 1 aliphatic heterocycles. The summed E-state index contributed by atoms with van der Waals surface area (Å²) in [5.41, 5.74) is 1.67. The molecule has 19 heavy (non-hydrogen) atoms. The molecule has 0 aromatic heterocycles. The van der Waals surface area contributed by atoms with E-state index in [2.05, 4.69) is 12.6 Å². The van der Waals surface area contributed by atoms with Crippen molar-refractivity contribution in [3.05, 3.63) is 65.7 Å². The first-order chi connectivity index (χ1) is 8.99. The van der Waals surface area contributed by atoms with Crippen molar-refractivity contribution in [1.29, 1.82) is 5.26 Å². The Morgan fingerprint density at radius 1 is 1.47 bits per heavy atom. The monoisotopic (exact) mass is 252 g/mol. The highest BCUT2D eigenvalue weighted by atomic mass is 16.3. The molecule has 3 nitrogen and oxygen atoms in total. The van der Waals surface area contributed by atoms with Crippen molar-refractivity contribution in [3.8, 4) is 6.07 Å². The Labute approximate surface area is 113 Å². The molecule has 1 unspecified atom stereocenters. The molecule has 1 aromatic rings. The summed E-state index contributed by atoms with van der Waals surface area (Å²) in [7, 11) is 0. The van der Waals surface area contributed by atoms with Gasteiger partial charge in [-0.3, -0.25) is 4.90 Å². The molecule has 3 heteroatoms. The maximum atomic E-state index is 10.2. The van der Waals surface area contributed by atoms with E-state index in [1.807, 2.05) is 30.3 Å². The zero-order valence-corrected chi connectivity index (χ0v) is 11.1. The quantitative estimate of drug-likeness (QED) is 0.645. The normalized spacial score (nSPS) is 21.7. The van der Waals surface area contributed by atoms with Crippen LogP contribution < -0.4 is 0 Å². The Bertz CT molecular complexity index is 622. The fraction of sp³-hybridized carbons (Fsp3) is 0.188. The number of rotatable bonds is 2. The number of hydrogen-bond acceptors (Lipinski definition) is 3. The van der Waals surface area contributed by atoms with E-state index in [9.17, 15) is 10.4 Å². The van der Waals surface area contributed by atoms with Crippen LogP contribution in [0.1, 0.15) is 25.0 Å². The maximum absolute atomic E-state index is 10.2. The van der Waals surface area contributed by atoms with E-state index >= 15 is 0 Å². The topological polar surface area (TPSA) is 47.3 Å². The summed E-state index contributed by atoms with van der Waals surface area (Å²) in [5, 5.41) is 19.7. The van der Waals surface area contributed by atoms with Gasteiger partial charge in [0.15, 0.2) is 11.4 Å². The molecule has 0 amide bonds. The molecule has 0 bridgehead atoms. The molecule has 0 saturated carbocycles. The first-order valence-electron chi connectivity index (χ1n) is 6.03. The standard InChI is InChI=1S/C16H16N2O/c1-12(2)10-15(19)18-9-8-13-6-4-5-7-14(13)16(18,3)11-17/h4-10,19H,1H2,2-3H3/b15-10-. The smallest absolute Gasteiger partial charge is 0.192 e. The van der Waals surface area contributed by atoms with E-state index in [0.717, 1.165) is 16.7 Å². The lowest BCUT2D eigenvalue weighted by atomic mass is 9.85. The number of benzene rings is 1. The van der Waals surface area contributed by atoms with Crippen LogP contribution in [-0.4, -0.2) is 10.0 Å². The fourth-order valence-electron chi connectivity index (χ4n) is 2.23. The molecule has 1 heterocycles. The van der Waals surface area contributed by atoms with Gasteiger partial charge < -0.3 is 5.11 Å².